The monoisotopic (exact) mass is 391 g/mol. The number of β-amino-alcohol motifs (C(OH)–C–C–N with tert-alkyl or cyclic N) is 1. The van der Waals surface area contributed by atoms with Crippen molar-refractivity contribution in [3.05, 3.63) is 23.8 Å². The molecule has 1 atom stereocenters. The van der Waals surface area contributed by atoms with E-state index in [-0.39, 0.29) is 18.4 Å². The average molecular weight is 391 g/mol. The third kappa shape index (κ3) is 4.39. The number of aliphatic hydroxyl groups is 1. The van der Waals surface area contributed by atoms with E-state index < -0.39 is 5.60 Å². The van der Waals surface area contributed by atoms with Crippen LogP contribution < -0.4 is 14.8 Å². The van der Waals surface area contributed by atoms with Gasteiger partial charge in [-0.15, -0.1) is 0 Å². The highest BCUT2D eigenvalue weighted by molar-refractivity contribution is 5.86. The molecule has 3 rings (SSSR count). The van der Waals surface area contributed by atoms with Crippen LogP contribution in [0.3, 0.4) is 0 Å². The van der Waals surface area contributed by atoms with Crippen LogP contribution in [0.2, 0.25) is 0 Å². The van der Waals surface area contributed by atoms with Gasteiger partial charge in [-0.3, -0.25) is 14.5 Å². The number of likely N-dealkylation sites (tertiary alicyclic amines) is 1. The van der Waals surface area contributed by atoms with E-state index in [2.05, 4.69) is 5.32 Å². The third-order valence-corrected chi connectivity index (χ3v) is 5.44. The minimum atomic E-state index is -1.43. The molecule has 1 aromatic carbocycles. The van der Waals surface area contributed by atoms with E-state index in [1.54, 1.807) is 19.1 Å². The van der Waals surface area contributed by atoms with Crippen molar-refractivity contribution >= 4 is 11.8 Å². The quantitative estimate of drug-likeness (QED) is 0.729. The smallest absolute Gasteiger partial charge is 0.256 e. The Morgan fingerprint density at radius 3 is 2.75 bits per heavy atom. The van der Waals surface area contributed by atoms with Crippen molar-refractivity contribution in [1.82, 2.24) is 15.1 Å². The van der Waals surface area contributed by atoms with Crippen LogP contribution in [0.1, 0.15) is 24.8 Å². The highest BCUT2D eigenvalue weighted by Gasteiger charge is 2.43. The van der Waals surface area contributed by atoms with Crippen LogP contribution in [0.25, 0.3) is 0 Å². The van der Waals surface area contributed by atoms with Crippen molar-refractivity contribution in [2.24, 2.45) is 0 Å². The number of para-hydroxylation sites is 1. The first-order chi connectivity index (χ1) is 13.5. The van der Waals surface area contributed by atoms with Gasteiger partial charge in [0.1, 0.15) is 0 Å². The summed E-state index contributed by atoms with van der Waals surface area (Å²) in [6.45, 7) is 2.89. The molecule has 8 heteroatoms. The first kappa shape index (κ1) is 20.4. The van der Waals surface area contributed by atoms with Crippen molar-refractivity contribution in [3.63, 3.8) is 0 Å². The maximum Gasteiger partial charge on any atom is 0.256 e. The van der Waals surface area contributed by atoms with Crippen molar-refractivity contribution in [1.29, 1.82) is 0 Å². The van der Waals surface area contributed by atoms with Crippen LogP contribution in [0.15, 0.2) is 18.2 Å². The Labute approximate surface area is 165 Å². The number of carbonyl (C=O) groups is 2. The molecule has 28 heavy (non-hydrogen) atoms. The number of hydrogen-bond acceptors (Lipinski definition) is 6. The molecular formula is C20H29N3O5. The van der Waals surface area contributed by atoms with Gasteiger partial charge in [-0.1, -0.05) is 12.1 Å². The summed E-state index contributed by atoms with van der Waals surface area (Å²) in [6.07, 6.45) is 1.53. The highest BCUT2D eigenvalue weighted by atomic mass is 16.5. The third-order valence-electron chi connectivity index (χ3n) is 5.44. The molecule has 0 bridgehead atoms. The topological polar surface area (TPSA) is 91.3 Å². The molecule has 1 unspecified atom stereocenters. The summed E-state index contributed by atoms with van der Waals surface area (Å²) in [7, 11) is 3.15. The molecule has 0 radical (unpaired) electrons. The lowest BCUT2D eigenvalue weighted by Crippen LogP contribution is -2.58. The lowest BCUT2D eigenvalue weighted by Gasteiger charge is -2.40. The maximum absolute atomic E-state index is 13.1. The fourth-order valence-electron chi connectivity index (χ4n) is 3.99. The Morgan fingerprint density at radius 1 is 1.18 bits per heavy atom. The summed E-state index contributed by atoms with van der Waals surface area (Å²) in [5.41, 5.74) is -0.596. The number of benzene rings is 1. The number of hydrogen-bond donors (Lipinski definition) is 2. The largest absolute Gasteiger partial charge is 0.493 e. The molecule has 1 aromatic rings. The van der Waals surface area contributed by atoms with E-state index in [1.165, 1.54) is 0 Å². The first-order valence-corrected chi connectivity index (χ1v) is 9.67. The Balaban J connectivity index is 1.72. The SMILES string of the molecule is COc1cccc(CN2CCCC(O)(CN3CCNC(=O)CC3)C2=O)c1OC. The Morgan fingerprint density at radius 2 is 2.00 bits per heavy atom. The molecule has 0 aliphatic carbocycles. The van der Waals surface area contributed by atoms with Gasteiger partial charge in [-0.2, -0.15) is 0 Å². The summed E-state index contributed by atoms with van der Waals surface area (Å²) in [4.78, 5) is 28.3. The molecule has 2 heterocycles. The van der Waals surface area contributed by atoms with Gasteiger partial charge in [-0.05, 0) is 18.9 Å². The van der Waals surface area contributed by atoms with Gasteiger partial charge in [0.05, 0.1) is 14.2 Å². The zero-order valence-corrected chi connectivity index (χ0v) is 16.6. The van der Waals surface area contributed by atoms with Gasteiger partial charge < -0.3 is 24.8 Å². The molecule has 2 fully saturated rings. The van der Waals surface area contributed by atoms with Gasteiger partial charge >= 0.3 is 0 Å². The normalized spacial score (nSPS) is 23.9. The number of amides is 2. The summed E-state index contributed by atoms with van der Waals surface area (Å²) in [6, 6.07) is 5.57. The van der Waals surface area contributed by atoms with Gasteiger partial charge in [0.15, 0.2) is 17.1 Å². The minimum absolute atomic E-state index is 0.0104. The van der Waals surface area contributed by atoms with Crippen molar-refractivity contribution < 1.29 is 24.2 Å². The van der Waals surface area contributed by atoms with Gasteiger partial charge in [0.2, 0.25) is 5.91 Å². The second-order valence-electron chi connectivity index (χ2n) is 7.39. The number of nitrogens with zero attached hydrogens (tertiary/aromatic N) is 2. The predicted octanol–water partition coefficient (Wildman–Crippen LogP) is 0.379. The van der Waals surface area contributed by atoms with Crippen molar-refractivity contribution in [2.45, 2.75) is 31.4 Å². The molecule has 2 aliphatic heterocycles. The molecule has 2 N–H and O–H groups in total. The lowest BCUT2D eigenvalue weighted by molar-refractivity contribution is -0.160. The number of carbonyl (C=O) groups excluding carboxylic acids is 2. The molecular weight excluding hydrogens is 362 g/mol. The second kappa shape index (κ2) is 8.79. The zero-order valence-electron chi connectivity index (χ0n) is 16.6. The Hall–Kier alpha value is -2.32. The van der Waals surface area contributed by atoms with E-state index in [4.69, 9.17) is 9.47 Å². The van der Waals surface area contributed by atoms with Gasteiger partial charge in [0.25, 0.3) is 5.91 Å². The van der Waals surface area contributed by atoms with Crippen LogP contribution in [0, 0.1) is 0 Å². The summed E-state index contributed by atoms with van der Waals surface area (Å²) < 4.78 is 10.8. The van der Waals surface area contributed by atoms with Crippen LogP contribution in [0.4, 0.5) is 0 Å². The molecule has 0 saturated carbocycles. The molecule has 0 aromatic heterocycles. The van der Waals surface area contributed by atoms with Gasteiger partial charge in [-0.25, -0.2) is 0 Å². The summed E-state index contributed by atoms with van der Waals surface area (Å²) in [5.74, 6) is 0.953. The van der Waals surface area contributed by atoms with Gasteiger partial charge in [0, 0.05) is 51.3 Å². The molecule has 154 valence electrons. The average Bonchev–Trinajstić information content (AvgIpc) is 2.89. The molecule has 2 amide bonds. The van der Waals surface area contributed by atoms with Crippen molar-refractivity contribution in [2.75, 3.05) is 46.9 Å². The van der Waals surface area contributed by atoms with E-state index in [9.17, 15) is 14.7 Å². The van der Waals surface area contributed by atoms with E-state index in [1.807, 2.05) is 23.1 Å². The maximum atomic E-state index is 13.1. The number of rotatable bonds is 6. The van der Waals surface area contributed by atoms with Crippen LogP contribution in [-0.4, -0.2) is 79.3 Å². The summed E-state index contributed by atoms with van der Waals surface area (Å²) >= 11 is 0. The summed E-state index contributed by atoms with van der Waals surface area (Å²) in [5, 5.41) is 13.9. The fraction of sp³-hybridized carbons (Fsp3) is 0.600. The Kier molecular flexibility index (Phi) is 6.41. The minimum Gasteiger partial charge on any atom is -0.493 e. The number of piperidine rings is 1. The number of methoxy groups -OCH3 is 2. The van der Waals surface area contributed by atoms with Crippen LogP contribution in [-0.2, 0) is 16.1 Å². The van der Waals surface area contributed by atoms with Crippen LogP contribution in [0.5, 0.6) is 11.5 Å². The Bertz CT molecular complexity index is 726. The standard InChI is InChI=1S/C20H29N3O5/c1-27-16-6-3-5-15(18(16)28-2)13-23-10-4-8-20(26,19(23)25)14-22-11-7-17(24)21-9-12-22/h3,5-6,26H,4,7-14H2,1-2H3,(H,21,24). The highest BCUT2D eigenvalue weighted by Crippen LogP contribution is 2.33. The van der Waals surface area contributed by atoms with Crippen molar-refractivity contribution in [3.8, 4) is 11.5 Å². The predicted molar refractivity (Wildman–Crippen MR) is 103 cm³/mol. The van der Waals surface area contributed by atoms with Crippen LogP contribution >= 0.6 is 0 Å². The fourth-order valence-corrected chi connectivity index (χ4v) is 3.99. The molecule has 0 spiro atoms. The number of ether oxygens (including phenoxy) is 2. The van der Waals surface area contributed by atoms with E-state index in [0.29, 0.717) is 57.1 Å². The lowest BCUT2D eigenvalue weighted by atomic mass is 9.90. The molecule has 2 aliphatic rings. The first-order valence-electron chi connectivity index (χ1n) is 9.67. The molecule has 2 saturated heterocycles. The number of nitrogens with one attached hydrogen (secondary N) is 1. The zero-order chi connectivity index (χ0) is 20.1. The van der Waals surface area contributed by atoms with E-state index in [0.717, 1.165) is 12.0 Å². The van der Waals surface area contributed by atoms with E-state index >= 15 is 0 Å². The second-order valence-corrected chi connectivity index (χ2v) is 7.39. The molecule has 8 nitrogen and oxygen atoms in total.